The number of carbonyl (C=O) groups is 1. The van der Waals surface area contributed by atoms with Gasteiger partial charge in [-0.3, -0.25) is 4.79 Å². The Kier molecular flexibility index (Phi) is 6.02. The number of para-hydroxylation sites is 1. The monoisotopic (exact) mass is 338 g/mol. The van der Waals surface area contributed by atoms with Crippen LogP contribution in [-0.2, 0) is 11.3 Å². The van der Waals surface area contributed by atoms with Crippen LogP contribution < -0.4 is 14.8 Å². The molecule has 0 saturated carbocycles. The summed E-state index contributed by atoms with van der Waals surface area (Å²) in [5.41, 5.74) is 1.09. The van der Waals surface area contributed by atoms with Crippen LogP contribution in [0.3, 0.4) is 0 Å². The van der Waals surface area contributed by atoms with Crippen LogP contribution >= 0.6 is 0 Å². The topological polar surface area (TPSA) is 91.6 Å². The number of amides is 1. The number of nitrogens with zero attached hydrogens (tertiary/aromatic N) is 1. The first-order valence-electron chi connectivity index (χ1n) is 7.48. The quantitative estimate of drug-likeness (QED) is 0.624. The fourth-order valence-corrected chi connectivity index (χ4v) is 2.15. The first-order valence-corrected chi connectivity index (χ1v) is 7.48. The van der Waals surface area contributed by atoms with E-state index in [0.29, 0.717) is 5.56 Å². The molecule has 0 aliphatic heterocycles. The van der Waals surface area contributed by atoms with Crippen molar-refractivity contribution in [1.29, 1.82) is 5.26 Å². The van der Waals surface area contributed by atoms with E-state index >= 15 is 0 Å². The molecule has 2 N–H and O–H groups in total. The van der Waals surface area contributed by atoms with Gasteiger partial charge in [0, 0.05) is 12.1 Å². The van der Waals surface area contributed by atoms with Crippen molar-refractivity contribution < 1.29 is 19.4 Å². The second-order valence-corrected chi connectivity index (χ2v) is 5.10. The van der Waals surface area contributed by atoms with Crippen LogP contribution in [0.5, 0.6) is 17.2 Å². The zero-order valence-corrected chi connectivity index (χ0v) is 13.9. The van der Waals surface area contributed by atoms with Crippen LogP contribution in [0.1, 0.15) is 11.1 Å². The molecule has 0 atom stereocenters. The molecule has 0 saturated heterocycles. The molecule has 1 amide bonds. The van der Waals surface area contributed by atoms with E-state index in [9.17, 15) is 15.2 Å². The largest absolute Gasteiger partial charge is 0.504 e. The Morgan fingerprint density at radius 1 is 1.20 bits per heavy atom. The molecule has 0 spiro atoms. The van der Waals surface area contributed by atoms with E-state index < -0.39 is 5.91 Å². The number of aromatic hydroxyl groups is 1. The molecule has 0 aliphatic carbocycles. The Morgan fingerprint density at radius 3 is 2.52 bits per heavy atom. The van der Waals surface area contributed by atoms with E-state index in [1.165, 1.54) is 13.2 Å². The number of phenols is 1. The first-order chi connectivity index (χ1) is 12.1. The van der Waals surface area contributed by atoms with Crippen molar-refractivity contribution in [2.75, 3.05) is 14.2 Å². The van der Waals surface area contributed by atoms with Crippen molar-refractivity contribution >= 4 is 12.0 Å². The molecule has 2 rings (SSSR count). The van der Waals surface area contributed by atoms with Gasteiger partial charge in [0.05, 0.1) is 14.2 Å². The molecular weight excluding hydrogens is 320 g/mol. The zero-order chi connectivity index (χ0) is 18.2. The Morgan fingerprint density at radius 2 is 1.92 bits per heavy atom. The van der Waals surface area contributed by atoms with E-state index in [0.717, 1.165) is 11.3 Å². The van der Waals surface area contributed by atoms with Gasteiger partial charge in [0.15, 0.2) is 11.5 Å². The van der Waals surface area contributed by atoms with Crippen LogP contribution in [0.4, 0.5) is 0 Å². The van der Waals surface area contributed by atoms with E-state index in [1.807, 2.05) is 18.2 Å². The Hall–Kier alpha value is -3.46. The van der Waals surface area contributed by atoms with Gasteiger partial charge in [-0.1, -0.05) is 24.3 Å². The summed E-state index contributed by atoms with van der Waals surface area (Å²) in [6, 6.07) is 13.9. The summed E-state index contributed by atoms with van der Waals surface area (Å²) >= 11 is 0. The van der Waals surface area contributed by atoms with Crippen LogP contribution in [-0.4, -0.2) is 25.2 Å². The third-order valence-corrected chi connectivity index (χ3v) is 3.53. The van der Waals surface area contributed by atoms with E-state index in [2.05, 4.69) is 5.32 Å². The SMILES string of the molecule is COc1ccc(CNC(=O)/C(C#N)=C/c2cccc(OC)c2O)cc1. The van der Waals surface area contributed by atoms with Crippen molar-refractivity contribution in [3.63, 3.8) is 0 Å². The molecule has 2 aromatic rings. The molecule has 2 aromatic carbocycles. The Labute approximate surface area is 145 Å². The normalized spacial score (nSPS) is 10.7. The number of benzene rings is 2. The summed E-state index contributed by atoms with van der Waals surface area (Å²) in [6.45, 7) is 0.270. The molecule has 128 valence electrons. The van der Waals surface area contributed by atoms with Crippen molar-refractivity contribution in [2.45, 2.75) is 6.54 Å². The maximum Gasteiger partial charge on any atom is 0.262 e. The van der Waals surface area contributed by atoms with Gasteiger partial charge in [0.1, 0.15) is 17.4 Å². The molecule has 0 radical (unpaired) electrons. The lowest BCUT2D eigenvalue weighted by atomic mass is 10.1. The second-order valence-electron chi connectivity index (χ2n) is 5.10. The van der Waals surface area contributed by atoms with E-state index in [4.69, 9.17) is 9.47 Å². The smallest absolute Gasteiger partial charge is 0.262 e. The molecular formula is C19H18N2O4. The number of carbonyl (C=O) groups excluding carboxylic acids is 1. The summed E-state index contributed by atoms with van der Waals surface area (Å²) in [4.78, 5) is 12.2. The van der Waals surface area contributed by atoms with Gasteiger partial charge >= 0.3 is 0 Å². The summed E-state index contributed by atoms with van der Waals surface area (Å²) in [5, 5.41) is 22.0. The highest BCUT2D eigenvalue weighted by Crippen LogP contribution is 2.30. The predicted octanol–water partition coefficient (Wildman–Crippen LogP) is 2.63. The van der Waals surface area contributed by atoms with E-state index in [-0.39, 0.29) is 23.6 Å². The fraction of sp³-hybridized carbons (Fsp3) is 0.158. The predicted molar refractivity (Wildman–Crippen MR) is 93.1 cm³/mol. The van der Waals surface area contributed by atoms with Crippen LogP contribution in [0.15, 0.2) is 48.0 Å². The third-order valence-electron chi connectivity index (χ3n) is 3.53. The number of methoxy groups -OCH3 is 2. The molecule has 6 nitrogen and oxygen atoms in total. The maximum absolute atomic E-state index is 12.2. The lowest BCUT2D eigenvalue weighted by molar-refractivity contribution is -0.117. The number of rotatable bonds is 6. The molecule has 0 unspecified atom stereocenters. The summed E-state index contributed by atoms with van der Waals surface area (Å²) < 4.78 is 10.1. The number of hydrogen-bond donors (Lipinski definition) is 2. The molecule has 0 heterocycles. The fourth-order valence-electron chi connectivity index (χ4n) is 2.15. The minimum atomic E-state index is -0.527. The molecule has 6 heteroatoms. The lowest BCUT2D eigenvalue weighted by Crippen LogP contribution is -2.23. The van der Waals surface area contributed by atoms with Gasteiger partial charge in [-0.2, -0.15) is 5.26 Å². The van der Waals surface area contributed by atoms with Crippen LogP contribution in [0.2, 0.25) is 0 Å². The number of ether oxygens (including phenoxy) is 2. The highest BCUT2D eigenvalue weighted by Gasteiger charge is 2.12. The first kappa shape index (κ1) is 17.9. The van der Waals surface area contributed by atoms with Crippen LogP contribution in [0, 0.1) is 11.3 Å². The van der Waals surface area contributed by atoms with E-state index in [1.54, 1.807) is 37.4 Å². The highest BCUT2D eigenvalue weighted by molar-refractivity contribution is 6.02. The molecule has 0 aliphatic rings. The van der Waals surface area contributed by atoms with Gasteiger partial charge < -0.3 is 19.9 Å². The highest BCUT2D eigenvalue weighted by atomic mass is 16.5. The molecule has 0 bridgehead atoms. The summed E-state index contributed by atoms with van der Waals surface area (Å²) in [6.07, 6.45) is 1.32. The molecule has 0 fully saturated rings. The Balaban J connectivity index is 2.11. The van der Waals surface area contributed by atoms with Crippen molar-refractivity contribution in [1.82, 2.24) is 5.32 Å². The van der Waals surface area contributed by atoms with Crippen LogP contribution in [0.25, 0.3) is 6.08 Å². The van der Waals surface area contributed by atoms with Gasteiger partial charge in [-0.15, -0.1) is 0 Å². The van der Waals surface area contributed by atoms with Gasteiger partial charge in [0.25, 0.3) is 5.91 Å². The number of phenolic OH excluding ortho intramolecular Hbond substituents is 1. The van der Waals surface area contributed by atoms with Gasteiger partial charge in [0.2, 0.25) is 0 Å². The third kappa shape index (κ3) is 4.52. The van der Waals surface area contributed by atoms with Crippen molar-refractivity contribution in [3.05, 3.63) is 59.2 Å². The van der Waals surface area contributed by atoms with Crippen molar-refractivity contribution in [3.8, 4) is 23.3 Å². The summed E-state index contributed by atoms with van der Waals surface area (Å²) in [7, 11) is 3.00. The molecule has 25 heavy (non-hydrogen) atoms. The average Bonchev–Trinajstić information content (AvgIpc) is 2.65. The number of nitrogens with one attached hydrogen (secondary N) is 1. The van der Waals surface area contributed by atoms with Gasteiger partial charge in [-0.05, 0) is 29.8 Å². The average molecular weight is 338 g/mol. The minimum absolute atomic E-state index is 0.114. The van der Waals surface area contributed by atoms with Crippen molar-refractivity contribution in [2.24, 2.45) is 0 Å². The Bertz CT molecular complexity index is 820. The zero-order valence-electron chi connectivity index (χ0n) is 13.9. The molecule has 0 aromatic heterocycles. The minimum Gasteiger partial charge on any atom is -0.504 e. The number of nitriles is 1. The standard InChI is InChI=1S/C19H18N2O4/c1-24-16-8-6-13(7-9-16)12-21-19(23)15(11-20)10-14-4-3-5-17(25-2)18(14)22/h3-10,22H,12H2,1-2H3,(H,21,23)/b15-10+. The number of hydrogen-bond acceptors (Lipinski definition) is 5. The lowest BCUT2D eigenvalue weighted by Gasteiger charge is -2.07. The second kappa shape index (κ2) is 8.41. The maximum atomic E-state index is 12.2. The summed E-state index contributed by atoms with van der Waals surface area (Å²) in [5.74, 6) is 0.340. The van der Waals surface area contributed by atoms with Gasteiger partial charge in [-0.25, -0.2) is 0 Å².